The van der Waals surface area contributed by atoms with Crippen molar-refractivity contribution in [1.82, 2.24) is 0 Å². The third kappa shape index (κ3) is 5.56. The third-order valence-corrected chi connectivity index (χ3v) is 11.1. The number of fused-ring (bicyclic) bond motifs is 2. The van der Waals surface area contributed by atoms with Gasteiger partial charge in [0.15, 0.2) is 0 Å². The SMILES string of the molecule is CCCN(CCC)c1ccc2c(c1)[CH]([Zr][CH]1C=Cc3ccc(N(CCC)CCC)cc31)C=C2. The van der Waals surface area contributed by atoms with E-state index in [1.54, 1.807) is 11.1 Å². The van der Waals surface area contributed by atoms with Gasteiger partial charge in [-0.05, 0) is 0 Å². The Morgan fingerprint density at radius 1 is 0.606 bits per heavy atom. The molecule has 0 fully saturated rings. The van der Waals surface area contributed by atoms with Crippen LogP contribution >= 0.6 is 0 Å². The molecule has 2 aromatic carbocycles. The van der Waals surface area contributed by atoms with Crippen LogP contribution in [0.1, 0.15) is 82.9 Å². The first kappa shape index (κ1) is 24.5. The van der Waals surface area contributed by atoms with Crippen molar-refractivity contribution < 1.29 is 23.2 Å². The normalized spacial score (nSPS) is 17.8. The van der Waals surface area contributed by atoms with Gasteiger partial charge in [-0.15, -0.1) is 0 Å². The van der Waals surface area contributed by atoms with Crippen LogP contribution in [0.2, 0.25) is 0 Å². The molecule has 2 aromatic rings. The summed E-state index contributed by atoms with van der Waals surface area (Å²) in [4.78, 5) is 5.15. The average Bonchev–Trinajstić information content (AvgIpc) is 3.42. The second kappa shape index (κ2) is 11.7. The first-order valence-electron chi connectivity index (χ1n) is 13.1. The monoisotopic (exact) mass is 518 g/mol. The van der Waals surface area contributed by atoms with Crippen LogP contribution in [-0.2, 0) is 23.2 Å². The summed E-state index contributed by atoms with van der Waals surface area (Å²) >= 11 is -0.737. The fourth-order valence-electron chi connectivity index (χ4n) is 5.27. The van der Waals surface area contributed by atoms with E-state index in [0.717, 1.165) is 26.2 Å². The van der Waals surface area contributed by atoms with Crippen molar-refractivity contribution in [2.24, 2.45) is 0 Å². The summed E-state index contributed by atoms with van der Waals surface area (Å²) in [6.45, 7) is 13.8. The molecule has 2 unspecified atom stereocenters. The molecular formula is C30H40N2Zr. The van der Waals surface area contributed by atoms with Gasteiger partial charge >= 0.3 is 214 Å². The van der Waals surface area contributed by atoms with Crippen molar-refractivity contribution in [2.45, 2.75) is 60.6 Å². The molecule has 33 heavy (non-hydrogen) atoms. The van der Waals surface area contributed by atoms with E-state index in [2.05, 4.69) is 98.2 Å². The van der Waals surface area contributed by atoms with Gasteiger partial charge < -0.3 is 0 Å². The molecule has 0 aromatic heterocycles. The molecule has 0 radical (unpaired) electrons. The molecule has 2 nitrogen and oxygen atoms in total. The number of rotatable bonds is 12. The van der Waals surface area contributed by atoms with Gasteiger partial charge in [0.1, 0.15) is 0 Å². The molecular weight excluding hydrogens is 480 g/mol. The van der Waals surface area contributed by atoms with Gasteiger partial charge in [0.05, 0.1) is 0 Å². The fraction of sp³-hybridized carbons (Fsp3) is 0.467. The molecule has 0 saturated heterocycles. The summed E-state index contributed by atoms with van der Waals surface area (Å²) < 4.78 is 1.33. The summed E-state index contributed by atoms with van der Waals surface area (Å²) in [5.74, 6) is 0. The Balaban J connectivity index is 1.54. The van der Waals surface area contributed by atoms with E-state index in [-0.39, 0.29) is 0 Å². The maximum absolute atomic E-state index is 2.58. The maximum atomic E-state index is 2.58. The van der Waals surface area contributed by atoms with Crippen molar-refractivity contribution in [2.75, 3.05) is 36.0 Å². The first-order chi connectivity index (χ1) is 16.2. The quantitative estimate of drug-likeness (QED) is 0.282. The number of anilines is 2. The zero-order valence-electron chi connectivity index (χ0n) is 21.0. The second-order valence-corrected chi connectivity index (χ2v) is 13.3. The van der Waals surface area contributed by atoms with Crippen molar-refractivity contribution in [3.05, 3.63) is 70.8 Å². The molecule has 0 saturated carbocycles. The van der Waals surface area contributed by atoms with E-state index in [9.17, 15) is 0 Å². The minimum atomic E-state index is -0.737. The van der Waals surface area contributed by atoms with E-state index in [1.807, 2.05) is 0 Å². The molecule has 2 aliphatic carbocycles. The van der Waals surface area contributed by atoms with Gasteiger partial charge in [0.25, 0.3) is 0 Å². The molecule has 174 valence electrons. The van der Waals surface area contributed by atoms with E-state index in [1.165, 1.54) is 48.2 Å². The molecule has 0 amide bonds. The second-order valence-electron chi connectivity index (χ2n) is 9.44. The molecule has 0 aliphatic heterocycles. The first-order valence-corrected chi connectivity index (χ1v) is 15.9. The summed E-state index contributed by atoms with van der Waals surface area (Å²) in [5, 5.41) is 0. The number of allylic oxidation sites excluding steroid dienone is 2. The number of benzene rings is 2. The molecule has 0 bridgehead atoms. The number of nitrogens with zero attached hydrogens (tertiary/aromatic N) is 2. The Labute approximate surface area is 213 Å². The van der Waals surface area contributed by atoms with Crippen LogP contribution in [0.5, 0.6) is 0 Å². The Bertz CT molecular complexity index is 901. The van der Waals surface area contributed by atoms with Crippen LogP contribution in [0, 0.1) is 0 Å². The van der Waals surface area contributed by atoms with Gasteiger partial charge in [-0.2, -0.15) is 0 Å². The summed E-state index contributed by atoms with van der Waals surface area (Å²) in [7, 11) is 0. The van der Waals surface area contributed by atoms with Crippen LogP contribution in [0.25, 0.3) is 12.2 Å². The van der Waals surface area contributed by atoms with Crippen molar-refractivity contribution >= 4 is 23.5 Å². The molecule has 2 atom stereocenters. The molecule has 0 heterocycles. The van der Waals surface area contributed by atoms with Gasteiger partial charge in [0.2, 0.25) is 0 Å². The van der Waals surface area contributed by atoms with E-state index >= 15 is 0 Å². The third-order valence-electron chi connectivity index (χ3n) is 6.81. The van der Waals surface area contributed by atoms with Crippen LogP contribution in [0.3, 0.4) is 0 Å². The van der Waals surface area contributed by atoms with Gasteiger partial charge in [-0.3, -0.25) is 0 Å². The predicted octanol–water partition coefficient (Wildman–Crippen LogP) is 7.86. The zero-order chi connectivity index (χ0) is 23.2. The molecule has 0 spiro atoms. The fourth-order valence-corrected chi connectivity index (χ4v) is 9.35. The van der Waals surface area contributed by atoms with Gasteiger partial charge in [-0.1, -0.05) is 0 Å². The molecule has 4 rings (SSSR count). The molecule has 2 aliphatic rings. The Kier molecular flexibility index (Phi) is 8.69. The number of hydrogen-bond donors (Lipinski definition) is 0. The Hall–Kier alpha value is -1.60. The summed E-state index contributed by atoms with van der Waals surface area (Å²) in [6.07, 6.45) is 14.6. The zero-order valence-corrected chi connectivity index (χ0v) is 23.4. The van der Waals surface area contributed by atoms with E-state index in [0.29, 0.717) is 7.25 Å². The predicted molar refractivity (Wildman–Crippen MR) is 142 cm³/mol. The Morgan fingerprint density at radius 2 is 1.00 bits per heavy atom. The van der Waals surface area contributed by atoms with Crippen molar-refractivity contribution in [3.8, 4) is 0 Å². The molecule has 0 N–H and O–H groups in total. The van der Waals surface area contributed by atoms with E-state index in [4.69, 9.17) is 0 Å². The number of hydrogen-bond acceptors (Lipinski definition) is 2. The van der Waals surface area contributed by atoms with E-state index < -0.39 is 23.2 Å². The van der Waals surface area contributed by atoms with Crippen molar-refractivity contribution in [3.63, 3.8) is 0 Å². The van der Waals surface area contributed by atoms with Crippen molar-refractivity contribution in [1.29, 1.82) is 0 Å². The topological polar surface area (TPSA) is 6.48 Å². The summed E-state index contributed by atoms with van der Waals surface area (Å²) in [6, 6.07) is 14.5. The van der Waals surface area contributed by atoms with Crippen LogP contribution in [0.15, 0.2) is 48.6 Å². The van der Waals surface area contributed by atoms with Gasteiger partial charge in [-0.25, -0.2) is 0 Å². The van der Waals surface area contributed by atoms with Gasteiger partial charge in [0, 0.05) is 0 Å². The molecule has 3 heteroatoms. The minimum absolute atomic E-state index is 0.667. The van der Waals surface area contributed by atoms with Crippen LogP contribution in [-0.4, -0.2) is 26.2 Å². The standard InChI is InChI=1S/2C15H20N.Zr/c2*1-3-10-16(11-4-2)15-9-8-13-6-5-7-14(13)12-15;/h2*5-9,12H,3-4,10-11H2,1-2H3;. The Morgan fingerprint density at radius 3 is 1.36 bits per heavy atom. The van der Waals surface area contributed by atoms with Crippen LogP contribution < -0.4 is 9.80 Å². The van der Waals surface area contributed by atoms with Crippen LogP contribution in [0.4, 0.5) is 11.4 Å². The average molecular weight is 520 g/mol. The summed E-state index contributed by atoms with van der Waals surface area (Å²) in [5.41, 5.74) is 8.92.